The summed E-state index contributed by atoms with van der Waals surface area (Å²) in [6.45, 7) is 6.46. The SMILES string of the molecule is CCCCC/C=C\C/C=C\C/C=C\C/C=C\CCCCCC(=O)O[C@H](COC(=O)CCC/C=C\C/C=C\C/C=C\C/C=C\CCCCC)COC(=O)CCCCCCC/C=C\C/C=C\CCCCC. The number of hydrogen-bond acceptors (Lipinski definition) is 6. The summed E-state index contributed by atoms with van der Waals surface area (Å²) in [6.07, 6.45) is 77.5. The second-order valence-electron chi connectivity index (χ2n) is 18.1. The molecule has 0 aromatic carbocycles. The average Bonchev–Trinajstić information content (AvgIpc) is 3.35. The number of hydrogen-bond donors (Lipinski definition) is 0. The summed E-state index contributed by atoms with van der Waals surface area (Å²) < 4.78 is 16.8. The molecule has 0 heterocycles. The van der Waals surface area contributed by atoms with Crippen molar-refractivity contribution in [2.75, 3.05) is 13.2 Å². The van der Waals surface area contributed by atoms with E-state index in [0.29, 0.717) is 19.3 Å². The molecule has 1 atom stereocenters. The zero-order chi connectivity index (χ0) is 50.0. The summed E-state index contributed by atoms with van der Waals surface area (Å²) in [7, 11) is 0. The molecule has 0 aromatic rings. The molecule has 0 unspecified atom stereocenters. The first-order valence-electron chi connectivity index (χ1n) is 28.0. The topological polar surface area (TPSA) is 78.9 Å². The van der Waals surface area contributed by atoms with E-state index in [1.165, 1.54) is 77.0 Å². The minimum absolute atomic E-state index is 0.119. The van der Waals surface area contributed by atoms with Crippen LogP contribution >= 0.6 is 0 Å². The van der Waals surface area contributed by atoms with Crippen molar-refractivity contribution in [3.8, 4) is 0 Å². The molecule has 0 aliphatic carbocycles. The molecule has 6 heteroatoms. The summed E-state index contributed by atoms with van der Waals surface area (Å²) in [5, 5.41) is 0. The fourth-order valence-corrected chi connectivity index (χ4v) is 7.15. The molecule has 0 amide bonds. The lowest BCUT2D eigenvalue weighted by atomic mass is 10.1. The summed E-state index contributed by atoms with van der Waals surface area (Å²) in [6, 6.07) is 0. The van der Waals surface area contributed by atoms with Gasteiger partial charge in [0.1, 0.15) is 13.2 Å². The summed E-state index contributed by atoms with van der Waals surface area (Å²) >= 11 is 0. The van der Waals surface area contributed by atoms with Gasteiger partial charge in [-0.05, 0) is 135 Å². The molecular formula is C63H102O6. The zero-order valence-electron chi connectivity index (χ0n) is 44.5. The van der Waals surface area contributed by atoms with Gasteiger partial charge in [-0.2, -0.15) is 0 Å². The van der Waals surface area contributed by atoms with E-state index < -0.39 is 6.10 Å². The first-order chi connectivity index (χ1) is 34.0. The molecular weight excluding hydrogens is 853 g/mol. The molecule has 390 valence electrons. The molecule has 0 fully saturated rings. The minimum Gasteiger partial charge on any atom is -0.462 e. The highest BCUT2D eigenvalue weighted by atomic mass is 16.6. The van der Waals surface area contributed by atoms with Crippen LogP contribution in [0.4, 0.5) is 0 Å². The zero-order valence-corrected chi connectivity index (χ0v) is 44.5. The standard InChI is InChI=1S/C63H102O6/c1-4-7-10-13-16-19-22-25-28-30-31-33-36-39-42-45-48-51-54-57-63(66)69-60(58-67-61(64)55-52-49-46-43-40-37-34-27-24-21-18-15-12-9-6-3)59-68-62(65)56-53-50-47-44-41-38-35-32-29-26-23-20-17-14-11-8-5-2/h16-21,25-29,31,33-35,38-39,42,44,47,60H,4-15,22-24,30,32,36-37,40-41,43,45-46,48-59H2,1-3H3/b19-16-,20-17-,21-18-,28-25-,29-26-,33-31-,34-27-,38-35-,42-39-,47-44-/t60-/m0/s1. The van der Waals surface area contributed by atoms with Crippen LogP contribution in [-0.4, -0.2) is 37.2 Å². The Morgan fingerprint density at radius 3 is 0.884 bits per heavy atom. The van der Waals surface area contributed by atoms with Crippen LogP contribution in [0.15, 0.2) is 122 Å². The number of carbonyl (C=O) groups excluding carboxylic acids is 3. The fourth-order valence-electron chi connectivity index (χ4n) is 7.15. The van der Waals surface area contributed by atoms with Crippen molar-refractivity contribution in [3.05, 3.63) is 122 Å². The fraction of sp³-hybridized carbons (Fsp3) is 0.635. The van der Waals surface area contributed by atoms with Gasteiger partial charge >= 0.3 is 17.9 Å². The molecule has 0 rings (SSSR count). The normalized spacial score (nSPS) is 13.0. The van der Waals surface area contributed by atoms with Gasteiger partial charge in [0, 0.05) is 19.3 Å². The second kappa shape index (κ2) is 56.4. The largest absolute Gasteiger partial charge is 0.462 e. The molecule has 0 saturated heterocycles. The van der Waals surface area contributed by atoms with Crippen LogP contribution in [0.3, 0.4) is 0 Å². The van der Waals surface area contributed by atoms with Crippen molar-refractivity contribution in [3.63, 3.8) is 0 Å². The van der Waals surface area contributed by atoms with Gasteiger partial charge in [0.15, 0.2) is 6.10 Å². The van der Waals surface area contributed by atoms with Crippen molar-refractivity contribution in [1.29, 1.82) is 0 Å². The van der Waals surface area contributed by atoms with Gasteiger partial charge in [0.25, 0.3) is 0 Å². The van der Waals surface area contributed by atoms with Gasteiger partial charge in [-0.25, -0.2) is 0 Å². The summed E-state index contributed by atoms with van der Waals surface area (Å²) in [4.78, 5) is 38.1. The number of carbonyl (C=O) groups is 3. The van der Waals surface area contributed by atoms with Crippen LogP contribution in [0.25, 0.3) is 0 Å². The van der Waals surface area contributed by atoms with Crippen LogP contribution in [0.5, 0.6) is 0 Å². The third kappa shape index (κ3) is 54.6. The van der Waals surface area contributed by atoms with Gasteiger partial charge in [0.05, 0.1) is 0 Å². The third-order valence-electron chi connectivity index (χ3n) is 11.4. The van der Waals surface area contributed by atoms with E-state index in [1.54, 1.807) is 0 Å². The van der Waals surface area contributed by atoms with Crippen LogP contribution < -0.4 is 0 Å². The molecule has 0 radical (unpaired) electrons. The van der Waals surface area contributed by atoms with E-state index in [9.17, 15) is 14.4 Å². The molecule has 0 spiro atoms. The molecule has 0 N–H and O–H groups in total. The number of ether oxygens (including phenoxy) is 3. The van der Waals surface area contributed by atoms with Crippen molar-refractivity contribution in [2.45, 2.75) is 245 Å². The van der Waals surface area contributed by atoms with Gasteiger partial charge < -0.3 is 14.2 Å². The van der Waals surface area contributed by atoms with E-state index in [-0.39, 0.29) is 44.0 Å². The highest BCUT2D eigenvalue weighted by Gasteiger charge is 2.19. The predicted octanol–water partition coefficient (Wildman–Crippen LogP) is 18.9. The van der Waals surface area contributed by atoms with Crippen LogP contribution in [0.2, 0.25) is 0 Å². The molecule has 69 heavy (non-hydrogen) atoms. The van der Waals surface area contributed by atoms with E-state index in [1.807, 2.05) is 0 Å². The Hall–Kier alpha value is -4.19. The second-order valence-corrected chi connectivity index (χ2v) is 18.1. The Morgan fingerprint density at radius 2 is 0.536 bits per heavy atom. The van der Waals surface area contributed by atoms with Crippen LogP contribution in [0.1, 0.15) is 239 Å². The van der Waals surface area contributed by atoms with E-state index >= 15 is 0 Å². The van der Waals surface area contributed by atoms with Crippen molar-refractivity contribution >= 4 is 17.9 Å². The van der Waals surface area contributed by atoms with Gasteiger partial charge in [-0.15, -0.1) is 0 Å². The lowest BCUT2D eigenvalue weighted by molar-refractivity contribution is -0.167. The Balaban J connectivity index is 4.58. The summed E-state index contributed by atoms with van der Waals surface area (Å²) in [5.74, 6) is -1.02. The molecule has 0 aromatic heterocycles. The number of unbranched alkanes of at least 4 members (excludes halogenated alkanes) is 18. The third-order valence-corrected chi connectivity index (χ3v) is 11.4. The van der Waals surface area contributed by atoms with E-state index in [4.69, 9.17) is 14.2 Å². The van der Waals surface area contributed by atoms with Crippen LogP contribution in [0, 0.1) is 0 Å². The summed E-state index contributed by atoms with van der Waals surface area (Å²) in [5.41, 5.74) is 0. The molecule has 6 nitrogen and oxygen atoms in total. The molecule has 0 saturated carbocycles. The van der Waals surface area contributed by atoms with Crippen molar-refractivity contribution < 1.29 is 28.6 Å². The smallest absolute Gasteiger partial charge is 0.306 e. The lowest BCUT2D eigenvalue weighted by Gasteiger charge is -2.18. The average molecular weight is 956 g/mol. The maximum atomic E-state index is 12.8. The quantitative estimate of drug-likeness (QED) is 0.0262. The van der Waals surface area contributed by atoms with Gasteiger partial charge in [-0.3, -0.25) is 14.4 Å². The lowest BCUT2D eigenvalue weighted by Crippen LogP contribution is -2.30. The monoisotopic (exact) mass is 955 g/mol. The van der Waals surface area contributed by atoms with Crippen LogP contribution in [-0.2, 0) is 28.6 Å². The molecule has 0 aliphatic rings. The first kappa shape index (κ1) is 64.8. The van der Waals surface area contributed by atoms with Crippen molar-refractivity contribution in [1.82, 2.24) is 0 Å². The number of esters is 3. The highest BCUT2D eigenvalue weighted by molar-refractivity contribution is 5.71. The van der Waals surface area contributed by atoms with E-state index in [2.05, 4.69) is 142 Å². The number of allylic oxidation sites excluding steroid dienone is 20. The Kier molecular flexibility index (Phi) is 53.0. The Morgan fingerprint density at radius 1 is 0.290 bits per heavy atom. The minimum atomic E-state index is -0.827. The predicted molar refractivity (Wildman–Crippen MR) is 297 cm³/mol. The number of rotatable bonds is 49. The van der Waals surface area contributed by atoms with Gasteiger partial charge in [0.2, 0.25) is 0 Å². The Labute approximate surface area is 424 Å². The highest BCUT2D eigenvalue weighted by Crippen LogP contribution is 2.12. The first-order valence-corrected chi connectivity index (χ1v) is 28.0. The van der Waals surface area contributed by atoms with Crippen molar-refractivity contribution in [2.24, 2.45) is 0 Å². The molecule has 0 bridgehead atoms. The Bertz CT molecular complexity index is 1470. The van der Waals surface area contributed by atoms with E-state index in [0.717, 1.165) is 109 Å². The molecule has 0 aliphatic heterocycles. The maximum Gasteiger partial charge on any atom is 0.306 e. The maximum absolute atomic E-state index is 12.8. The van der Waals surface area contributed by atoms with Gasteiger partial charge in [-0.1, -0.05) is 206 Å².